The van der Waals surface area contributed by atoms with Crippen LogP contribution < -0.4 is 5.32 Å². The first-order valence-corrected chi connectivity index (χ1v) is 7.41. The lowest BCUT2D eigenvalue weighted by Crippen LogP contribution is -2.50. The number of rotatable bonds is 5. The smallest absolute Gasteiger partial charge is 0.0246 e. The molecule has 2 fully saturated rings. The number of likely N-dealkylation sites (N-methyl/N-ethyl adjacent to an activating group) is 2. The van der Waals surface area contributed by atoms with Crippen LogP contribution in [0, 0.1) is 0 Å². The normalized spacial score (nSPS) is 31.2. The van der Waals surface area contributed by atoms with Crippen LogP contribution in [0.3, 0.4) is 0 Å². The van der Waals surface area contributed by atoms with Gasteiger partial charge in [-0.2, -0.15) is 0 Å². The Hall–Kier alpha value is -0.120. The van der Waals surface area contributed by atoms with Gasteiger partial charge in [0.15, 0.2) is 0 Å². The molecule has 1 aliphatic heterocycles. The molecule has 3 heteroatoms. The Bertz CT molecular complexity index is 214. The van der Waals surface area contributed by atoms with E-state index >= 15 is 0 Å². The Morgan fingerprint density at radius 2 is 1.82 bits per heavy atom. The topological polar surface area (TPSA) is 18.5 Å². The summed E-state index contributed by atoms with van der Waals surface area (Å²) in [7, 11) is 4.44. The molecule has 0 aromatic heterocycles. The summed E-state index contributed by atoms with van der Waals surface area (Å²) in [6.45, 7) is 5.16. The molecule has 3 nitrogen and oxygen atoms in total. The maximum atomic E-state index is 3.51. The van der Waals surface area contributed by atoms with Gasteiger partial charge in [-0.05, 0) is 52.9 Å². The quantitative estimate of drug-likeness (QED) is 0.785. The maximum absolute atomic E-state index is 3.51. The van der Waals surface area contributed by atoms with Gasteiger partial charge in [0.25, 0.3) is 0 Å². The van der Waals surface area contributed by atoms with E-state index in [1.54, 1.807) is 0 Å². The number of hydrogen-bond acceptors (Lipinski definition) is 3. The molecule has 0 radical (unpaired) electrons. The highest BCUT2D eigenvalue weighted by Gasteiger charge is 2.27. The van der Waals surface area contributed by atoms with Crippen LogP contribution in [0.5, 0.6) is 0 Å². The van der Waals surface area contributed by atoms with Gasteiger partial charge in [0.1, 0.15) is 0 Å². The summed E-state index contributed by atoms with van der Waals surface area (Å²) in [6.07, 6.45) is 8.37. The molecule has 0 spiro atoms. The van der Waals surface area contributed by atoms with Crippen molar-refractivity contribution in [2.75, 3.05) is 40.3 Å². The van der Waals surface area contributed by atoms with E-state index in [1.165, 1.54) is 64.7 Å². The Morgan fingerprint density at radius 1 is 1.12 bits per heavy atom. The van der Waals surface area contributed by atoms with Crippen molar-refractivity contribution in [2.24, 2.45) is 0 Å². The molecule has 0 amide bonds. The molecule has 2 rings (SSSR count). The third-order valence-electron chi connectivity index (χ3n) is 4.63. The van der Waals surface area contributed by atoms with Crippen molar-refractivity contribution in [3.8, 4) is 0 Å². The third-order valence-corrected chi connectivity index (χ3v) is 4.63. The largest absolute Gasteiger partial charge is 0.315 e. The van der Waals surface area contributed by atoms with Crippen molar-refractivity contribution in [1.82, 2.24) is 15.1 Å². The van der Waals surface area contributed by atoms with Crippen molar-refractivity contribution in [2.45, 2.75) is 50.6 Å². The molecule has 0 aromatic rings. The third kappa shape index (κ3) is 3.67. The fraction of sp³-hybridized carbons (Fsp3) is 1.00. The van der Waals surface area contributed by atoms with Crippen molar-refractivity contribution in [3.63, 3.8) is 0 Å². The Kier molecular flexibility index (Phi) is 5.26. The zero-order valence-corrected chi connectivity index (χ0v) is 11.6. The minimum Gasteiger partial charge on any atom is -0.315 e. The summed E-state index contributed by atoms with van der Waals surface area (Å²) >= 11 is 0. The molecule has 17 heavy (non-hydrogen) atoms. The van der Waals surface area contributed by atoms with Gasteiger partial charge in [0.2, 0.25) is 0 Å². The van der Waals surface area contributed by atoms with Gasteiger partial charge in [-0.25, -0.2) is 0 Å². The first-order valence-electron chi connectivity index (χ1n) is 7.41. The van der Waals surface area contributed by atoms with Gasteiger partial charge in [0, 0.05) is 25.2 Å². The molecule has 1 N–H and O–H groups in total. The monoisotopic (exact) mass is 239 g/mol. The van der Waals surface area contributed by atoms with Crippen LogP contribution >= 0.6 is 0 Å². The van der Waals surface area contributed by atoms with Crippen molar-refractivity contribution in [1.29, 1.82) is 0 Å². The summed E-state index contributed by atoms with van der Waals surface area (Å²) in [5.41, 5.74) is 0. The van der Waals surface area contributed by atoms with E-state index in [0.717, 1.165) is 6.04 Å². The summed E-state index contributed by atoms with van der Waals surface area (Å²) in [5.74, 6) is 0. The van der Waals surface area contributed by atoms with E-state index in [-0.39, 0.29) is 0 Å². The molecule has 1 heterocycles. The molecule has 2 atom stereocenters. The van der Waals surface area contributed by atoms with E-state index in [2.05, 4.69) is 29.2 Å². The van der Waals surface area contributed by atoms with Crippen LogP contribution in [0.15, 0.2) is 0 Å². The number of likely N-dealkylation sites (tertiary alicyclic amines) is 1. The lowest BCUT2D eigenvalue weighted by atomic mass is 9.89. The van der Waals surface area contributed by atoms with Gasteiger partial charge in [0.05, 0.1) is 0 Å². The average molecular weight is 239 g/mol. The first-order chi connectivity index (χ1) is 8.31. The fourth-order valence-electron chi connectivity index (χ4n) is 3.45. The van der Waals surface area contributed by atoms with Crippen LogP contribution in [0.4, 0.5) is 0 Å². The van der Waals surface area contributed by atoms with Crippen LogP contribution in [0.25, 0.3) is 0 Å². The van der Waals surface area contributed by atoms with E-state index in [1.807, 2.05) is 0 Å². The zero-order chi connectivity index (χ0) is 12.1. The van der Waals surface area contributed by atoms with Crippen LogP contribution in [0.2, 0.25) is 0 Å². The minimum atomic E-state index is 0.715. The molecule has 100 valence electrons. The standard InChI is InChI=1S/C14H29N3/c1-15-13-7-3-4-8-14(13)16(2)11-12-17-9-5-6-10-17/h13-15H,3-12H2,1-2H3. The molecule has 0 bridgehead atoms. The highest BCUT2D eigenvalue weighted by atomic mass is 15.2. The molecule has 1 saturated heterocycles. The van der Waals surface area contributed by atoms with Gasteiger partial charge in [-0.1, -0.05) is 12.8 Å². The fourth-order valence-corrected chi connectivity index (χ4v) is 3.45. The molecule has 0 aromatic carbocycles. The lowest BCUT2D eigenvalue weighted by molar-refractivity contribution is 0.139. The number of nitrogens with one attached hydrogen (secondary N) is 1. The Morgan fingerprint density at radius 3 is 2.53 bits per heavy atom. The van der Waals surface area contributed by atoms with Crippen LogP contribution in [-0.2, 0) is 0 Å². The van der Waals surface area contributed by atoms with E-state index < -0.39 is 0 Å². The Labute approximate surface area is 107 Å². The number of nitrogens with zero attached hydrogens (tertiary/aromatic N) is 2. The van der Waals surface area contributed by atoms with Crippen molar-refractivity contribution >= 4 is 0 Å². The Balaban J connectivity index is 1.74. The predicted octanol–water partition coefficient (Wildman–Crippen LogP) is 1.54. The van der Waals surface area contributed by atoms with E-state index in [4.69, 9.17) is 0 Å². The highest BCUT2D eigenvalue weighted by Crippen LogP contribution is 2.22. The van der Waals surface area contributed by atoms with Crippen LogP contribution in [-0.4, -0.2) is 62.2 Å². The molecular formula is C14H29N3. The molecule has 2 aliphatic rings. The predicted molar refractivity (Wildman–Crippen MR) is 73.4 cm³/mol. The summed E-state index contributed by atoms with van der Waals surface area (Å²) in [5, 5.41) is 3.51. The summed E-state index contributed by atoms with van der Waals surface area (Å²) in [4.78, 5) is 5.21. The SMILES string of the molecule is CNC1CCCCC1N(C)CCN1CCCC1. The van der Waals surface area contributed by atoms with E-state index in [0.29, 0.717) is 6.04 Å². The highest BCUT2D eigenvalue weighted by molar-refractivity contribution is 4.86. The molecule has 1 saturated carbocycles. The maximum Gasteiger partial charge on any atom is 0.0246 e. The summed E-state index contributed by atoms with van der Waals surface area (Å²) in [6, 6.07) is 1.48. The van der Waals surface area contributed by atoms with Crippen molar-refractivity contribution < 1.29 is 0 Å². The van der Waals surface area contributed by atoms with Crippen LogP contribution in [0.1, 0.15) is 38.5 Å². The number of hydrogen-bond donors (Lipinski definition) is 1. The lowest BCUT2D eigenvalue weighted by Gasteiger charge is -2.38. The molecule has 2 unspecified atom stereocenters. The van der Waals surface area contributed by atoms with E-state index in [9.17, 15) is 0 Å². The van der Waals surface area contributed by atoms with Gasteiger partial charge >= 0.3 is 0 Å². The minimum absolute atomic E-state index is 0.715. The van der Waals surface area contributed by atoms with Gasteiger partial charge in [-0.15, -0.1) is 0 Å². The van der Waals surface area contributed by atoms with Gasteiger partial charge in [-0.3, -0.25) is 0 Å². The average Bonchev–Trinajstić information content (AvgIpc) is 2.89. The second-order valence-electron chi connectivity index (χ2n) is 5.78. The van der Waals surface area contributed by atoms with Crippen molar-refractivity contribution in [3.05, 3.63) is 0 Å². The zero-order valence-electron chi connectivity index (χ0n) is 11.6. The molecule has 1 aliphatic carbocycles. The second-order valence-corrected chi connectivity index (χ2v) is 5.78. The second kappa shape index (κ2) is 6.72. The first kappa shape index (κ1) is 13.3. The van der Waals surface area contributed by atoms with Gasteiger partial charge < -0.3 is 15.1 Å². The summed E-state index contributed by atoms with van der Waals surface area (Å²) < 4.78 is 0. The molecular weight excluding hydrogens is 210 g/mol.